The number of carbonyl (C=O) groups is 3. The zero-order valence-electron chi connectivity index (χ0n) is 24.7. The first-order valence-electron chi connectivity index (χ1n) is 12.8. The van der Waals surface area contributed by atoms with E-state index in [0.29, 0.717) is 43.9 Å². The van der Waals surface area contributed by atoms with E-state index in [-0.39, 0.29) is 32.5 Å². The molecule has 0 saturated heterocycles. The molecule has 0 radical (unpaired) electrons. The normalized spacial score (nSPS) is 12.4. The van der Waals surface area contributed by atoms with Gasteiger partial charge < -0.3 is 19.9 Å². The number of aromatic nitrogens is 6. The Hall–Kier alpha value is -4.33. The van der Waals surface area contributed by atoms with Crippen molar-refractivity contribution in [2.75, 3.05) is 46.9 Å². The third kappa shape index (κ3) is 6.70. The number of ether oxygens (including phenoxy) is 1. The van der Waals surface area contributed by atoms with Gasteiger partial charge in [-0.15, -0.1) is 0 Å². The van der Waals surface area contributed by atoms with Gasteiger partial charge in [0.15, 0.2) is 35.8 Å². The van der Waals surface area contributed by atoms with Crippen LogP contribution in [-0.4, -0.2) is 107 Å². The second-order valence-corrected chi connectivity index (χ2v) is 14.8. The molecule has 0 spiro atoms. The molecule has 19 heteroatoms. The number of sulfone groups is 1. The Kier molecular flexibility index (Phi) is 8.97. The number of carbonyl (C=O) groups excluding carboxylic acids is 3. The second kappa shape index (κ2) is 12.6. The number of benzene rings is 1. The maximum Gasteiger partial charge on any atom is 0.282 e. The molecular formula is C26H25N9O6S4. The predicted octanol–water partition coefficient (Wildman–Crippen LogP) is 2.91. The smallest absolute Gasteiger partial charge is 0.282 e. The van der Waals surface area contributed by atoms with E-state index >= 15 is 0 Å². The van der Waals surface area contributed by atoms with Crippen molar-refractivity contribution in [3.05, 3.63) is 40.4 Å². The van der Waals surface area contributed by atoms with E-state index in [2.05, 4.69) is 35.2 Å². The molecule has 1 N–H and O–H groups in total. The van der Waals surface area contributed by atoms with Crippen molar-refractivity contribution in [1.82, 2.24) is 39.7 Å². The first-order valence-corrected chi connectivity index (χ1v) is 17.2. The molecule has 0 atom stereocenters. The van der Waals surface area contributed by atoms with Crippen LogP contribution in [0.15, 0.2) is 34.7 Å². The number of amides is 2. The summed E-state index contributed by atoms with van der Waals surface area (Å²) >= 11 is 3.48. The Morgan fingerprint density at radius 1 is 0.889 bits per heavy atom. The Labute approximate surface area is 269 Å². The number of hydrogen-bond acceptors (Lipinski definition) is 16. The van der Waals surface area contributed by atoms with E-state index in [4.69, 9.17) is 4.74 Å². The Morgan fingerprint density at radius 3 is 2.04 bits per heavy atom. The van der Waals surface area contributed by atoms with Crippen molar-refractivity contribution in [1.29, 1.82) is 0 Å². The summed E-state index contributed by atoms with van der Waals surface area (Å²) in [5, 5.41) is 3.71. The summed E-state index contributed by atoms with van der Waals surface area (Å²) in [6.07, 6.45) is 4.02. The van der Waals surface area contributed by atoms with Gasteiger partial charge in [0.05, 0.1) is 12.8 Å². The molecule has 1 aliphatic heterocycles. The highest BCUT2D eigenvalue weighted by Gasteiger charge is 2.24. The Morgan fingerprint density at radius 2 is 1.47 bits per heavy atom. The van der Waals surface area contributed by atoms with Crippen molar-refractivity contribution >= 4 is 93.4 Å². The van der Waals surface area contributed by atoms with Crippen LogP contribution < -0.4 is 10.1 Å². The third-order valence-corrected chi connectivity index (χ3v) is 9.96. The summed E-state index contributed by atoms with van der Waals surface area (Å²) < 4.78 is 28.5. The number of nitrogens with zero attached hydrogens (tertiary/aromatic N) is 8. The highest BCUT2D eigenvalue weighted by Crippen LogP contribution is 2.41. The minimum absolute atomic E-state index is 0.111. The summed E-state index contributed by atoms with van der Waals surface area (Å²) in [5.41, 5.74) is 2.29. The van der Waals surface area contributed by atoms with Crippen molar-refractivity contribution in [3.8, 4) is 5.75 Å². The average molecular weight is 688 g/mol. The van der Waals surface area contributed by atoms with Crippen molar-refractivity contribution in [3.63, 3.8) is 0 Å². The fourth-order valence-electron chi connectivity index (χ4n) is 3.96. The van der Waals surface area contributed by atoms with Crippen LogP contribution in [0.3, 0.4) is 0 Å². The number of methoxy groups -OCH3 is 1. The number of fused-ring (bicyclic) bond motifs is 3. The lowest BCUT2D eigenvalue weighted by Crippen LogP contribution is -2.21. The quantitative estimate of drug-likeness (QED) is 0.256. The van der Waals surface area contributed by atoms with Gasteiger partial charge in [-0.3, -0.25) is 14.4 Å². The zero-order valence-corrected chi connectivity index (χ0v) is 27.9. The lowest BCUT2D eigenvalue weighted by Gasteiger charge is -2.12. The average Bonchev–Trinajstić information content (AvgIpc) is 3.71. The van der Waals surface area contributed by atoms with Gasteiger partial charge in [0.1, 0.15) is 39.1 Å². The van der Waals surface area contributed by atoms with Gasteiger partial charge >= 0.3 is 0 Å². The molecule has 5 aromatic rings. The molecule has 45 heavy (non-hydrogen) atoms. The fraction of sp³-hybridized carbons (Fsp3) is 0.269. The summed E-state index contributed by atoms with van der Waals surface area (Å²) in [5.74, 6) is 0.601. The van der Waals surface area contributed by atoms with Gasteiger partial charge in [0, 0.05) is 45.8 Å². The number of thioether (sulfide) groups is 1. The molecule has 234 valence electrons. The van der Waals surface area contributed by atoms with Crippen LogP contribution >= 0.6 is 34.4 Å². The Bertz CT molecular complexity index is 2090. The molecule has 0 fully saturated rings. The molecule has 1 aromatic carbocycles. The summed E-state index contributed by atoms with van der Waals surface area (Å²) in [7, 11) is 4.62. The van der Waals surface area contributed by atoms with E-state index in [0.717, 1.165) is 34.4 Å². The molecular weight excluding hydrogens is 663 g/mol. The van der Waals surface area contributed by atoms with Gasteiger partial charge in [0.25, 0.3) is 11.8 Å². The first-order chi connectivity index (χ1) is 21.3. The van der Waals surface area contributed by atoms with Gasteiger partial charge in [-0.25, -0.2) is 38.3 Å². The predicted molar refractivity (Wildman–Crippen MR) is 170 cm³/mol. The van der Waals surface area contributed by atoms with Gasteiger partial charge in [-0.05, 0) is 17.7 Å². The van der Waals surface area contributed by atoms with Crippen LogP contribution in [0, 0.1) is 0 Å². The monoisotopic (exact) mass is 687 g/mol. The number of nitrogens with one attached hydrogen (secondary N) is 1. The lowest BCUT2D eigenvalue weighted by atomic mass is 10.1. The minimum Gasteiger partial charge on any atom is -0.495 e. The number of hydrogen-bond donors (Lipinski definition) is 1. The van der Waals surface area contributed by atoms with Crippen LogP contribution in [0.1, 0.15) is 25.2 Å². The van der Waals surface area contributed by atoms with E-state index in [9.17, 15) is 22.8 Å². The van der Waals surface area contributed by atoms with E-state index in [1.54, 1.807) is 35.3 Å². The van der Waals surface area contributed by atoms with E-state index < -0.39 is 9.84 Å². The highest BCUT2D eigenvalue weighted by atomic mass is 32.2. The molecule has 1 aliphatic rings. The van der Waals surface area contributed by atoms with Crippen LogP contribution in [0.4, 0.5) is 11.5 Å². The molecule has 4 aromatic heterocycles. The van der Waals surface area contributed by atoms with E-state index in [1.807, 2.05) is 12.1 Å². The molecule has 6 rings (SSSR count). The molecule has 5 heterocycles. The number of rotatable bonds is 6. The topological polar surface area (TPSA) is 190 Å². The van der Waals surface area contributed by atoms with E-state index in [1.165, 1.54) is 39.2 Å². The molecule has 0 aliphatic carbocycles. The molecule has 15 nitrogen and oxygen atoms in total. The largest absolute Gasteiger partial charge is 0.495 e. The summed E-state index contributed by atoms with van der Waals surface area (Å²) in [6, 6.07) is 3.73. The second-order valence-electron chi connectivity index (χ2n) is 9.85. The van der Waals surface area contributed by atoms with Crippen LogP contribution in [-0.2, 0) is 21.1 Å². The zero-order chi connectivity index (χ0) is 32.6. The maximum atomic E-state index is 12.2. The van der Waals surface area contributed by atoms with Crippen LogP contribution in [0.2, 0.25) is 0 Å². The fourth-order valence-corrected chi connectivity index (χ4v) is 7.53. The van der Waals surface area contributed by atoms with Crippen molar-refractivity contribution in [2.24, 2.45) is 0 Å². The minimum atomic E-state index is -3.49. The molecule has 0 unspecified atom stereocenters. The number of anilines is 2. The summed E-state index contributed by atoms with van der Waals surface area (Å²) in [4.78, 5) is 64.9. The van der Waals surface area contributed by atoms with Gasteiger partial charge in [-0.1, -0.05) is 34.4 Å². The standard InChI is InChI=1S/C17H15N5O3S2.C9H10N4O3S2/c1-22(2)17(24)16-21-13-14(18-7-19-15(13)27-16)20-9-6-11-8(4-10(9)25-3)5-12(23)26-11;1-13(2)9(14)7-12-5-6(17-7)10-4-11-8(5)18(3,15)16/h4,6-7H,5H2,1-3H3,(H,18,19,20);4H,1-3H3. The summed E-state index contributed by atoms with van der Waals surface area (Å²) in [6.45, 7) is 0. The first kappa shape index (κ1) is 32.1. The molecule has 0 saturated carbocycles. The lowest BCUT2D eigenvalue weighted by molar-refractivity contribution is -0.110. The number of thiazole rings is 2. The SMILES string of the molecule is CN(C)C(=O)c1nc2c(S(C)(=O)=O)ncnc2s1.COc1cc2c(cc1Nc1ncnc3sc(C(=O)N(C)C)nc13)SC(=O)C2. The van der Waals surface area contributed by atoms with Crippen LogP contribution in [0.25, 0.3) is 20.7 Å². The van der Waals surface area contributed by atoms with Crippen molar-refractivity contribution < 1.29 is 27.5 Å². The van der Waals surface area contributed by atoms with Gasteiger partial charge in [-0.2, -0.15) is 0 Å². The molecule has 0 bridgehead atoms. The highest BCUT2D eigenvalue weighted by molar-refractivity contribution is 8.14. The Balaban J connectivity index is 0.000000194. The van der Waals surface area contributed by atoms with Gasteiger partial charge in [0.2, 0.25) is 0 Å². The third-order valence-electron chi connectivity index (χ3n) is 6.08. The van der Waals surface area contributed by atoms with Crippen molar-refractivity contribution in [2.45, 2.75) is 16.3 Å². The maximum absolute atomic E-state index is 12.2. The van der Waals surface area contributed by atoms with Crippen LogP contribution in [0.5, 0.6) is 5.75 Å². The molecule has 2 amide bonds.